The third-order valence-electron chi connectivity index (χ3n) is 4.93. The van der Waals surface area contributed by atoms with Crippen LogP contribution in [0.4, 0.5) is 0 Å². The van der Waals surface area contributed by atoms with Gasteiger partial charge in [-0.3, -0.25) is 9.59 Å². The lowest BCUT2D eigenvalue weighted by atomic mass is 10.1. The molecule has 0 aliphatic rings. The van der Waals surface area contributed by atoms with Crippen LogP contribution >= 0.6 is 0 Å². The number of hydrogen-bond acceptors (Lipinski definition) is 5. The van der Waals surface area contributed by atoms with Crippen molar-refractivity contribution >= 4 is 11.9 Å². The molecule has 0 fully saturated rings. The summed E-state index contributed by atoms with van der Waals surface area (Å²) in [6.45, 7) is 7.40. The summed E-state index contributed by atoms with van der Waals surface area (Å²) in [6.07, 6.45) is 14.7. The Morgan fingerprint density at radius 1 is 0.586 bits per heavy atom. The van der Waals surface area contributed by atoms with Crippen LogP contribution in [0, 0.1) is 0 Å². The molecular formula is C24H46O5. The van der Waals surface area contributed by atoms with Gasteiger partial charge in [0.15, 0.2) is 0 Å². The summed E-state index contributed by atoms with van der Waals surface area (Å²) in [6, 6.07) is 0. The van der Waals surface area contributed by atoms with Crippen LogP contribution in [0.3, 0.4) is 0 Å². The minimum atomic E-state index is -0.375. The molecule has 0 rings (SSSR count). The highest BCUT2D eigenvalue weighted by Crippen LogP contribution is 2.08. The van der Waals surface area contributed by atoms with E-state index in [9.17, 15) is 9.59 Å². The summed E-state index contributed by atoms with van der Waals surface area (Å²) in [7, 11) is 0. The average molecular weight is 415 g/mol. The lowest BCUT2D eigenvalue weighted by Crippen LogP contribution is -2.29. The maximum Gasteiger partial charge on any atom is 0.305 e. The lowest BCUT2D eigenvalue weighted by molar-refractivity contribution is -0.155. The predicted molar refractivity (Wildman–Crippen MR) is 118 cm³/mol. The first-order chi connectivity index (χ1) is 14.1. The van der Waals surface area contributed by atoms with Gasteiger partial charge in [-0.15, -0.1) is 0 Å². The van der Waals surface area contributed by atoms with E-state index in [0.29, 0.717) is 19.4 Å². The van der Waals surface area contributed by atoms with E-state index in [4.69, 9.17) is 14.2 Å². The first-order valence-corrected chi connectivity index (χ1v) is 12.1. The van der Waals surface area contributed by atoms with Crippen molar-refractivity contribution < 1.29 is 23.8 Å². The summed E-state index contributed by atoms with van der Waals surface area (Å²) in [4.78, 5) is 23.9. The van der Waals surface area contributed by atoms with Crippen molar-refractivity contribution in [2.24, 2.45) is 0 Å². The van der Waals surface area contributed by atoms with Gasteiger partial charge in [0.25, 0.3) is 0 Å². The minimum Gasteiger partial charge on any atom is -0.463 e. The molecule has 0 heterocycles. The highest BCUT2D eigenvalue weighted by molar-refractivity contribution is 5.69. The van der Waals surface area contributed by atoms with Gasteiger partial charge in [0.1, 0.15) is 19.3 Å². The first-order valence-electron chi connectivity index (χ1n) is 12.1. The molecule has 29 heavy (non-hydrogen) atoms. The standard InChI is InChI=1S/C24H46O5/c1-4-7-10-12-14-17-23(25)28-20-22(27-19-16-9-6-3)21-29-24(26)18-15-13-11-8-5-2/h22H,4-21H2,1-3H3. The summed E-state index contributed by atoms with van der Waals surface area (Å²) in [5.74, 6) is -0.378. The fraction of sp³-hybridized carbons (Fsp3) is 0.917. The third kappa shape index (κ3) is 20.0. The Labute approximate surface area is 179 Å². The van der Waals surface area contributed by atoms with Crippen LogP contribution in [0.2, 0.25) is 0 Å². The topological polar surface area (TPSA) is 61.8 Å². The minimum absolute atomic E-state index is 0.156. The quantitative estimate of drug-likeness (QED) is 0.161. The van der Waals surface area contributed by atoms with Crippen LogP contribution in [0.1, 0.15) is 117 Å². The van der Waals surface area contributed by atoms with Gasteiger partial charge < -0.3 is 14.2 Å². The summed E-state index contributed by atoms with van der Waals surface area (Å²) < 4.78 is 16.5. The molecule has 0 atom stereocenters. The van der Waals surface area contributed by atoms with Crippen LogP contribution in [0.25, 0.3) is 0 Å². The second-order valence-electron chi connectivity index (χ2n) is 7.89. The van der Waals surface area contributed by atoms with Crippen LogP contribution in [0.15, 0.2) is 0 Å². The van der Waals surface area contributed by atoms with Crippen molar-refractivity contribution in [2.75, 3.05) is 19.8 Å². The van der Waals surface area contributed by atoms with Gasteiger partial charge in [0, 0.05) is 19.4 Å². The van der Waals surface area contributed by atoms with Crippen LogP contribution in [0.5, 0.6) is 0 Å². The van der Waals surface area contributed by atoms with Crippen LogP contribution in [-0.4, -0.2) is 37.9 Å². The Kier molecular flexibility index (Phi) is 20.8. The molecule has 5 heteroatoms. The molecule has 0 spiro atoms. The van der Waals surface area contributed by atoms with Crippen molar-refractivity contribution in [3.8, 4) is 0 Å². The number of hydrogen-bond donors (Lipinski definition) is 0. The molecule has 0 unspecified atom stereocenters. The van der Waals surface area contributed by atoms with Crippen molar-refractivity contribution in [1.29, 1.82) is 0 Å². The van der Waals surface area contributed by atoms with Gasteiger partial charge in [0.05, 0.1) is 0 Å². The maximum absolute atomic E-state index is 11.9. The van der Waals surface area contributed by atoms with Crippen molar-refractivity contribution in [1.82, 2.24) is 0 Å². The van der Waals surface area contributed by atoms with E-state index in [0.717, 1.165) is 44.9 Å². The molecule has 0 aromatic heterocycles. The zero-order chi connectivity index (χ0) is 21.6. The molecule has 0 radical (unpaired) electrons. The summed E-state index contributed by atoms with van der Waals surface area (Å²) in [5.41, 5.74) is 0. The zero-order valence-electron chi connectivity index (χ0n) is 19.3. The molecule has 0 amide bonds. The van der Waals surface area contributed by atoms with Crippen molar-refractivity contribution in [3.63, 3.8) is 0 Å². The zero-order valence-corrected chi connectivity index (χ0v) is 19.3. The molecule has 0 bridgehead atoms. The highest BCUT2D eigenvalue weighted by Gasteiger charge is 2.15. The highest BCUT2D eigenvalue weighted by atomic mass is 16.6. The van der Waals surface area contributed by atoms with E-state index in [1.807, 2.05) is 0 Å². The Balaban J connectivity index is 4.09. The van der Waals surface area contributed by atoms with Gasteiger partial charge in [-0.05, 0) is 19.3 Å². The number of esters is 2. The van der Waals surface area contributed by atoms with Gasteiger partial charge in [-0.1, -0.05) is 85.0 Å². The third-order valence-corrected chi connectivity index (χ3v) is 4.93. The molecular weight excluding hydrogens is 368 g/mol. The molecule has 0 aromatic carbocycles. The lowest BCUT2D eigenvalue weighted by Gasteiger charge is -2.18. The van der Waals surface area contributed by atoms with Gasteiger partial charge in [0.2, 0.25) is 0 Å². The number of ether oxygens (including phenoxy) is 3. The average Bonchev–Trinajstić information content (AvgIpc) is 2.72. The Hall–Kier alpha value is -1.10. The second kappa shape index (κ2) is 21.6. The molecule has 5 nitrogen and oxygen atoms in total. The molecule has 0 N–H and O–H groups in total. The normalized spacial score (nSPS) is 11.0. The van der Waals surface area contributed by atoms with E-state index in [-0.39, 0.29) is 31.3 Å². The van der Waals surface area contributed by atoms with Crippen LogP contribution < -0.4 is 0 Å². The first kappa shape index (κ1) is 27.9. The van der Waals surface area contributed by atoms with E-state index in [2.05, 4.69) is 20.8 Å². The monoisotopic (exact) mass is 414 g/mol. The Morgan fingerprint density at radius 2 is 1.00 bits per heavy atom. The Morgan fingerprint density at radius 3 is 1.45 bits per heavy atom. The summed E-state index contributed by atoms with van der Waals surface area (Å²) >= 11 is 0. The molecule has 0 saturated carbocycles. The number of carbonyl (C=O) groups is 2. The fourth-order valence-electron chi connectivity index (χ4n) is 3.01. The summed E-state index contributed by atoms with van der Waals surface area (Å²) in [5, 5.41) is 0. The van der Waals surface area contributed by atoms with E-state index in [1.54, 1.807) is 0 Å². The van der Waals surface area contributed by atoms with E-state index >= 15 is 0 Å². The molecule has 0 aromatic rings. The fourth-order valence-corrected chi connectivity index (χ4v) is 3.01. The molecule has 172 valence electrons. The van der Waals surface area contributed by atoms with Gasteiger partial charge in [-0.25, -0.2) is 0 Å². The largest absolute Gasteiger partial charge is 0.463 e. The predicted octanol–water partition coefficient (Wildman–Crippen LogP) is 6.37. The van der Waals surface area contributed by atoms with E-state index in [1.165, 1.54) is 38.5 Å². The molecule has 0 aliphatic heterocycles. The number of rotatable bonds is 21. The SMILES string of the molecule is CCCCCCCC(=O)OCC(COC(=O)CCCCCCC)OCCCCC. The van der Waals surface area contributed by atoms with Crippen molar-refractivity contribution in [3.05, 3.63) is 0 Å². The van der Waals surface area contributed by atoms with Gasteiger partial charge in [-0.2, -0.15) is 0 Å². The van der Waals surface area contributed by atoms with Crippen molar-refractivity contribution in [2.45, 2.75) is 123 Å². The number of unbranched alkanes of at least 4 members (excludes halogenated alkanes) is 10. The second-order valence-corrected chi connectivity index (χ2v) is 7.89. The Bertz CT molecular complexity index is 353. The van der Waals surface area contributed by atoms with Gasteiger partial charge >= 0.3 is 11.9 Å². The van der Waals surface area contributed by atoms with E-state index < -0.39 is 0 Å². The smallest absolute Gasteiger partial charge is 0.305 e. The number of carbonyl (C=O) groups excluding carboxylic acids is 2. The van der Waals surface area contributed by atoms with Crippen LogP contribution in [-0.2, 0) is 23.8 Å². The maximum atomic E-state index is 11.9. The molecule has 0 saturated heterocycles. The molecule has 0 aliphatic carbocycles.